The number of carbonyl (C=O) groups excluding carboxylic acids is 1. The summed E-state index contributed by atoms with van der Waals surface area (Å²) in [5.41, 5.74) is 9.71. The SMILES string of the molecule is CCC(C)c1ccc(-c2cc(C(=O)NN=C3CCN(Cc4ccccc4)CC3)c3ccccc3n2)cc1. The van der Waals surface area contributed by atoms with E-state index in [1.54, 1.807) is 0 Å². The van der Waals surface area contributed by atoms with Crippen LogP contribution in [0.1, 0.15) is 60.5 Å². The number of pyridine rings is 1. The first-order valence-electron chi connectivity index (χ1n) is 13.2. The lowest BCUT2D eigenvalue weighted by atomic mass is 9.96. The van der Waals surface area contributed by atoms with Crippen molar-refractivity contribution in [1.29, 1.82) is 0 Å². The standard InChI is InChI=1S/C32H34N4O/c1-3-23(2)25-13-15-26(16-14-25)31-21-29(28-11-7-8-12-30(28)33-31)32(37)35-34-27-17-19-36(20-18-27)22-24-9-5-4-6-10-24/h4-16,21,23H,3,17-20,22H2,1-2H3,(H,35,37). The van der Waals surface area contributed by atoms with Crippen LogP contribution in [0, 0.1) is 0 Å². The molecule has 1 fully saturated rings. The second kappa shape index (κ2) is 11.5. The molecule has 1 aliphatic heterocycles. The third-order valence-electron chi connectivity index (χ3n) is 7.35. The lowest BCUT2D eigenvalue weighted by Gasteiger charge is -2.27. The topological polar surface area (TPSA) is 57.6 Å². The summed E-state index contributed by atoms with van der Waals surface area (Å²) in [6.45, 7) is 7.27. The maximum absolute atomic E-state index is 13.3. The van der Waals surface area contributed by atoms with Crippen molar-refractivity contribution in [2.45, 2.75) is 45.6 Å². The third-order valence-corrected chi connectivity index (χ3v) is 7.35. The number of piperidine rings is 1. The zero-order valence-electron chi connectivity index (χ0n) is 21.7. The quantitative estimate of drug-likeness (QED) is 0.290. The van der Waals surface area contributed by atoms with Crippen LogP contribution in [-0.4, -0.2) is 34.6 Å². The number of para-hydroxylation sites is 1. The van der Waals surface area contributed by atoms with E-state index in [1.165, 1.54) is 11.1 Å². The van der Waals surface area contributed by atoms with E-state index in [0.29, 0.717) is 11.5 Å². The summed E-state index contributed by atoms with van der Waals surface area (Å²) in [6, 6.07) is 28.8. The van der Waals surface area contributed by atoms with Crippen LogP contribution in [0.25, 0.3) is 22.2 Å². The van der Waals surface area contributed by atoms with Crippen molar-refractivity contribution in [3.05, 3.63) is 102 Å². The first-order chi connectivity index (χ1) is 18.1. The zero-order valence-corrected chi connectivity index (χ0v) is 21.7. The molecule has 5 heteroatoms. The first-order valence-corrected chi connectivity index (χ1v) is 13.2. The van der Waals surface area contributed by atoms with Crippen LogP contribution in [0.4, 0.5) is 0 Å². The number of carbonyl (C=O) groups is 1. The number of hydrogen-bond acceptors (Lipinski definition) is 4. The van der Waals surface area contributed by atoms with Gasteiger partial charge in [0.25, 0.3) is 5.91 Å². The minimum Gasteiger partial charge on any atom is -0.298 e. The van der Waals surface area contributed by atoms with E-state index in [0.717, 1.165) is 66.8 Å². The Balaban J connectivity index is 1.31. The van der Waals surface area contributed by atoms with E-state index in [9.17, 15) is 4.79 Å². The van der Waals surface area contributed by atoms with Gasteiger partial charge in [0, 0.05) is 49.1 Å². The summed E-state index contributed by atoms with van der Waals surface area (Å²) in [6.07, 6.45) is 2.82. The van der Waals surface area contributed by atoms with Crippen molar-refractivity contribution in [3.8, 4) is 11.3 Å². The summed E-state index contributed by atoms with van der Waals surface area (Å²) in [5, 5.41) is 5.35. The van der Waals surface area contributed by atoms with Gasteiger partial charge in [0.05, 0.1) is 16.8 Å². The van der Waals surface area contributed by atoms with Crippen molar-refractivity contribution in [2.75, 3.05) is 13.1 Å². The van der Waals surface area contributed by atoms with Gasteiger partial charge in [0.1, 0.15) is 0 Å². The first kappa shape index (κ1) is 24.8. The third kappa shape index (κ3) is 5.95. The maximum Gasteiger partial charge on any atom is 0.272 e. The fourth-order valence-corrected chi connectivity index (χ4v) is 4.84. The fourth-order valence-electron chi connectivity index (χ4n) is 4.84. The second-order valence-corrected chi connectivity index (χ2v) is 9.88. The number of nitrogens with one attached hydrogen (secondary N) is 1. The number of hydrogen-bond donors (Lipinski definition) is 1. The Hall–Kier alpha value is -3.83. The molecule has 1 N–H and O–H groups in total. The van der Waals surface area contributed by atoms with Crippen molar-refractivity contribution < 1.29 is 4.79 Å². The van der Waals surface area contributed by atoms with Crippen LogP contribution in [0.15, 0.2) is 90.0 Å². The highest BCUT2D eigenvalue weighted by Gasteiger charge is 2.17. The van der Waals surface area contributed by atoms with Crippen molar-refractivity contribution in [3.63, 3.8) is 0 Å². The van der Waals surface area contributed by atoms with Crippen LogP contribution >= 0.6 is 0 Å². The predicted octanol–water partition coefficient (Wildman–Crippen LogP) is 6.80. The van der Waals surface area contributed by atoms with Gasteiger partial charge < -0.3 is 0 Å². The van der Waals surface area contributed by atoms with Gasteiger partial charge in [-0.3, -0.25) is 9.69 Å². The predicted molar refractivity (Wildman–Crippen MR) is 152 cm³/mol. The number of likely N-dealkylation sites (tertiary alicyclic amines) is 1. The Morgan fingerprint density at radius 2 is 1.68 bits per heavy atom. The molecule has 37 heavy (non-hydrogen) atoms. The van der Waals surface area contributed by atoms with Gasteiger partial charge in [0.15, 0.2) is 0 Å². The van der Waals surface area contributed by atoms with E-state index in [1.807, 2.05) is 36.4 Å². The highest BCUT2D eigenvalue weighted by Crippen LogP contribution is 2.27. The van der Waals surface area contributed by atoms with E-state index < -0.39 is 0 Å². The normalized spacial score (nSPS) is 14.9. The van der Waals surface area contributed by atoms with Gasteiger partial charge in [0.2, 0.25) is 0 Å². The molecule has 5 nitrogen and oxygen atoms in total. The molecule has 1 saturated heterocycles. The molecule has 4 aromatic rings. The number of fused-ring (bicyclic) bond motifs is 1. The molecule has 2 heterocycles. The summed E-state index contributed by atoms with van der Waals surface area (Å²) < 4.78 is 0. The number of amides is 1. The van der Waals surface area contributed by atoms with E-state index in [2.05, 4.69) is 77.8 Å². The number of nitrogens with zero attached hydrogens (tertiary/aromatic N) is 3. The summed E-state index contributed by atoms with van der Waals surface area (Å²) in [4.78, 5) is 20.6. The van der Waals surface area contributed by atoms with Crippen LogP contribution in [-0.2, 0) is 6.54 Å². The van der Waals surface area contributed by atoms with Crippen LogP contribution in [0.3, 0.4) is 0 Å². The molecular formula is C32H34N4O. The van der Waals surface area contributed by atoms with Gasteiger partial charge >= 0.3 is 0 Å². The molecule has 1 atom stereocenters. The lowest BCUT2D eigenvalue weighted by Crippen LogP contribution is -2.34. The Kier molecular flexibility index (Phi) is 7.71. The van der Waals surface area contributed by atoms with Crippen molar-refractivity contribution in [1.82, 2.24) is 15.3 Å². The van der Waals surface area contributed by atoms with Crippen LogP contribution in [0.5, 0.6) is 0 Å². The molecule has 5 rings (SSSR count). The summed E-state index contributed by atoms with van der Waals surface area (Å²) in [7, 11) is 0. The van der Waals surface area contributed by atoms with Gasteiger partial charge in [-0.25, -0.2) is 10.4 Å². The van der Waals surface area contributed by atoms with Crippen molar-refractivity contribution in [2.24, 2.45) is 5.10 Å². The summed E-state index contributed by atoms with van der Waals surface area (Å²) >= 11 is 0. The number of aromatic nitrogens is 1. The minimum absolute atomic E-state index is 0.199. The van der Waals surface area contributed by atoms with Crippen molar-refractivity contribution >= 4 is 22.5 Å². The molecule has 1 aromatic heterocycles. The zero-order chi connectivity index (χ0) is 25.6. The molecule has 1 unspecified atom stereocenters. The molecule has 0 spiro atoms. The van der Waals surface area contributed by atoms with E-state index in [4.69, 9.17) is 4.98 Å². The fraction of sp³-hybridized carbons (Fsp3) is 0.281. The molecule has 0 aliphatic carbocycles. The molecule has 1 amide bonds. The van der Waals surface area contributed by atoms with E-state index in [-0.39, 0.29) is 5.91 Å². The van der Waals surface area contributed by atoms with Gasteiger partial charge in [-0.2, -0.15) is 5.10 Å². The number of hydrazone groups is 1. The van der Waals surface area contributed by atoms with Crippen LogP contribution in [0.2, 0.25) is 0 Å². The van der Waals surface area contributed by atoms with Gasteiger partial charge in [-0.05, 0) is 35.6 Å². The minimum atomic E-state index is -0.199. The average molecular weight is 491 g/mol. The maximum atomic E-state index is 13.3. The lowest BCUT2D eigenvalue weighted by molar-refractivity contribution is 0.0956. The molecule has 0 bridgehead atoms. The molecule has 3 aromatic carbocycles. The Bertz CT molecular complexity index is 1390. The highest BCUT2D eigenvalue weighted by atomic mass is 16.2. The smallest absolute Gasteiger partial charge is 0.272 e. The largest absolute Gasteiger partial charge is 0.298 e. The molecule has 1 aliphatic rings. The van der Waals surface area contributed by atoms with E-state index >= 15 is 0 Å². The average Bonchev–Trinajstić information content (AvgIpc) is 2.96. The number of benzene rings is 3. The summed E-state index contributed by atoms with van der Waals surface area (Å²) in [5.74, 6) is 0.319. The molecular weight excluding hydrogens is 456 g/mol. The highest BCUT2D eigenvalue weighted by molar-refractivity contribution is 6.07. The van der Waals surface area contributed by atoms with Gasteiger partial charge in [-0.1, -0.05) is 86.6 Å². The molecule has 0 radical (unpaired) electrons. The number of rotatable bonds is 7. The second-order valence-electron chi connectivity index (χ2n) is 9.88. The molecule has 0 saturated carbocycles. The Morgan fingerprint density at radius 3 is 2.41 bits per heavy atom. The Labute approximate surface area is 219 Å². The molecule has 188 valence electrons. The monoisotopic (exact) mass is 490 g/mol. The Morgan fingerprint density at radius 1 is 0.973 bits per heavy atom. The van der Waals surface area contributed by atoms with Crippen LogP contribution < -0.4 is 5.43 Å². The van der Waals surface area contributed by atoms with Gasteiger partial charge in [-0.15, -0.1) is 0 Å².